The van der Waals surface area contributed by atoms with Crippen LogP contribution in [0.1, 0.15) is 12.5 Å². The van der Waals surface area contributed by atoms with Gasteiger partial charge < -0.3 is 9.84 Å². The van der Waals surface area contributed by atoms with Crippen LogP contribution in [0.2, 0.25) is 0 Å². The van der Waals surface area contributed by atoms with Crippen LogP contribution in [0.25, 0.3) is 0 Å². The van der Waals surface area contributed by atoms with Gasteiger partial charge in [0, 0.05) is 0 Å². The molecule has 0 atom stereocenters. The Morgan fingerprint density at radius 3 is 2.73 bits per heavy atom. The lowest BCUT2D eigenvalue weighted by Gasteiger charge is -1.96. The van der Waals surface area contributed by atoms with Crippen molar-refractivity contribution in [2.24, 2.45) is 5.16 Å². The van der Waals surface area contributed by atoms with Gasteiger partial charge in [-0.2, -0.15) is 0 Å². The van der Waals surface area contributed by atoms with Crippen molar-refractivity contribution in [1.82, 2.24) is 0 Å². The van der Waals surface area contributed by atoms with Crippen LogP contribution in [0.3, 0.4) is 0 Å². The summed E-state index contributed by atoms with van der Waals surface area (Å²) < 4.78 is 4.48. The monoisotopic (exact) mass is 209 g/mol. The first kappa shape index (κ1) is 11.0. The third-order valence-electron chi connectivity index (χ3n) is 1.48. The Bertz CT molecular complexity index is 345. The molecule has 0 saturated carbocycles. The van der Waals surface area contributed by atoms with Crippen LogP contribution in [0.5, 0.6) is 5.75 Å². The number of rotatable bonds is 3. The highest BCUT2D eigenvalue weighted by Crippen LogP contribution is 2.07. The molecule has 1 rings (SSSR count). The number of hydrogen-bond acceptors (Lipinski definition) is 5. The lowest BCUT2D eigenvalue weighted by Crippen LogP contribution is -2.02. The highest BCUT2D eigenvalue weighted by atomic mass is 16.8. The minimum Gasteiger partial charge on any atom is -0.508 e. The summed E-state index contributed by atoms with van der Waals surface area (Å²) in [5.41, 5.74) is 0.706. The molecule has 0 aromatic heterocycles. The number of phenolic OH excluding ortho intramolecular Hbond substituents is 1. The van der Waals surface area contributed by atoms with E-state index in [0.29, 0.717) is 5.56 Å². The van der Waals surface area contributed by atoms with Crippen molar-refractivity contribution in [2.45, 2.75) is 6.92 Å². The zero-order valence-corrected chi connectivity index (χ0v) is 8.21. The van der Waals surface area contributed by atoms with Crippen LogP contribution in [-0.2, 0) is 9.57 Å². The maximum Gasteiger partial charge on any atom is 0.535 e. The predicted molar refractivity (Wildman–Crippen MR) is 53.8 cm³/mol. The number of benzene rings is 1. The van der Waals surface area contributed by atoms with E-state index in [1.807, 2.05) is 0 Å². The van der Waals surface area contributed by atoms with Gasteiger partial charge in [-0.15, -0.1) is 0 Å². The van der Waals surface area contributed by atoms with Gasteiger partial charge in [-0.3, -0.25) is 4.84 Å². The molecule has 5 heteroatoms. The molecule has 0 spiro atoms. The quantitative estimate of drug-likeness (QED) is 0.357. The fraction of sp³-hybridized carbons (Fsp3) is 0.200. The van der Waals surface area contributed by atoms with Crippen molar-refractivity contribution in [3.05, 3.63) is 29.8 Å². The van der Waals surface area contributed by atoms with Gasteiger partial charge in [-0.25, -0.2) is 4.79 Å². The second kappa shape index (κ2) is 5.64. The first-order valence-electron chi connectivity index (χ1n) is 4.38. The first-order valence-corrected chi connectivity index (χ1v) is 4.38. The van der Waals surface area contributed by atoms with E-state index in [4.69, 9.17) is 5.11 Å². The summed E-state index contributed by atoms with van der Waals surface area (Å²) in [7, 11) is 0. The van der Waals surface area contributed by atoms with Crippen molar-refractivity contribution in [2.75, 3.05) is 6.61 Å². The summed E-state index contributed by atoms with van der Waals surface area (Å²) in [6, 6.07) is 6.28. The minimum atomic E-state index is -0.840. The van der Waals surface area contributed by atoms with E-state index >= 15 is 0 Å². The average Bonchev–Trinajstić information content (AvgIpc) is 2.21. The van der Waals surface area contributed by atoms with Crippen molar-refractivity contribution >= 4 is 12.4 Å². The molecule has 0 aliphatic heterocycles. The molecule has 1 N–H and O–H groups in total. The van der Waals surface area contributed by atoms with Gasteiger partial charge >= 0.3 is 6.16 Å². The van der Waals surface area contributed by atoms with Crippen LogP contribution < -0.4 is 0 Å². The second-order valence-electron chi connectivity index (χ2n) is 2.60. The molecule has 0 radical (unpaired) electrons. The summed E-state index contributed by atoms with van der Waals surface area (Å²) in [4.78, 5) is 15.1. The van der Waals surface area contributed by atoms with Crippen LogP contribution in [0.15, 0.2) is 29.4 Å². The third kappa shape index (κ3) is 4.12. The Kier molecular flexibility index (Phi) is 4.15. The molecule has 5 nitrogen and oxygen atoms in total. The van der Waals surface area contributed by atoms with E-state index in [-0.39, 0.29) is 12.4 Å². The number of phenols is 1. The van der Waals surface area contributed by atoms with E-state index in [9.17, 15) is 4.79 Å². The molecule has 0 unspecified atom stereocenters. The molecule has 0 aliphatic carbocycles. The molecule has 0 amide bonds. The maximum atomic E-state index is 10.7. The largest absolute Gasteiger partial charge is 0.535 e. The number of aromatic hydroxyl groups is 1. The molecule has 80 valence electrons. The van der Waals surface area contributed by atoms with Crippen molar-refractivity contribution < 1.29 is 19.5 Å². The zero-order valence-electron chi connectivity index (χ0n) is 8.21. The van der Waals surface area contributed by atoms with E-state index < -0.39 is 6.16 Å². The molecule has 0 heterocycles. The Hall–Kier alpha value is -2.04. The third-order valence-corrected chi connectivity index (χ3v) is 1.48. The zero-order chi connectivity index (χ0) is 11.1. The maximum absolute atomic E-state index is 10.7. The number of oxime groups is 1. The highest BCUT2D eigenvalue weighted by molar-refractivity contribution is 5.79. The summed E-state index contributed by atoms with van der Waals surface area (Å²) in [6.45, 7) is 1.92. The molecule has 15 heavy (non-hydrogen) atoms. The Morgan fingerprint density at radius 2 is 2.13 bits per heavy atom. The van der Waals surface area contributed by atoms with Gasteiger partial charge in [-0.05, 0) is 36.8 Å². The van der Waals surface area contributed by atoms with Crippen molar-refractivity contribution in [3.63, 3.8) is 0 Å². The summed E-state index contributed by atoms with van der Waals surface area (Å²) in [5.74, 6) is 0.165. The van der Waals surface area contributed by atoms with Gasteiger partial charge in [0.1, 0.15) is 5.75 Å². The molecule has 1 aromatic carbocycles. The molecule has 0 bridgehead atoms. The Balaban J connectivity index is 2.44. The molecule has 0 fully saturated rings. The normalized spacial score (nSPS) is 10.2. The lowest BCUT2D eigenvalue weighted by molar-refractivity contribution is 0.0618. The number of carbonyl (C=O) groups excluding carboxylic acids is 1. The average molecular weight is 209 g/mol. The van der Waals surface area contributed by atoms with Crippen molar-refractivity contribution in [3.8, 4) is 5.75 Å². The second-order valence-corrected chi connectivity index (χ2v) is 2.60. The Labute approximate surface area is 86.9 Å². The van der Waals surface area contributed by atoms with E-state index in [2.05, 4.69) is 14.7 Å². The van der Waals surface area contributed by atoms with E-state index in [1.54, 1.807) is 19.1 Å². The number of hydrogen-bond donors (Lipinski definition) is 1. The summed E-state index contributed by atoms with van der Waals surface area (Å²) >= 11 is 0. The van der Waals surface area contributed by atoms with Crippen LogP contribution in [0, 0.1) is 0 Å². The fourth-order valence-corrected chi connectivity index (χ4v) is 0.835. The minimum absolute atomic E-state index is 0.165. The SMILES string of the molecule is CCOC(=O)O/N=C/c1ccc(O)cc1. The Morgan fingerprint density at radius 1 is 1.47 bits per heavy atom. The van der Waals surface area contributed by atoms with Gasteiger partial charge in [0.2, 0.25) is 0 Å². The topological polar surface area (TPSA) is 68.1 Å². The van der Waals surface area contributed by atoms with Crippen LogP contribution in [0.4, 0.5) is 4.79 Å². The molecular formula is C10H11NO4. The van der Waals surface area contributed by atoms with Gasteiger partial charge in [0.15, 0.2) is 0 Å². The molecule has 0 saturated heterocycles. The first-order chi connectivity index (χ1) is 7.22. The van der Waals surface area contributed by atoms with Crippen LogP contribution in [-0.4, -0.2) is 24.1 Å². The number of ether oxygens (including phenoxy) is 1. The molecule has 1 aromatic rings. The number of carbonyl (C=O) groups is 1. The standard InChI is InChI=1S/C10H11NO4/c1-2-14-10(13)15-11-7-8-3-5-9(12)6-4-8/h3-7,12H,2H2,1H3/b11-7+. The van der Waals surface area contributed by atoms with Gasteiger partial charge in [0.25, 0.3) is 0 Å². The fourth-order valence-electron chi connectivity index (χ4n) is 0.835. The summed E-state index contributed by atoms with van der Waals surface area (Å²) in [6.07, 6.45) is 0.503. The van der Waals surface area contributed by atoms with E-state index in [1.165, 1.54) is 18.3 Å². The smallest absolute Gasteiger partial charge is 0.508 e. The summed E-state index contributed by atoms with van der Waals surface area (Å²) in [5, 5.41) is 12.4. The van der Waals surface area contributed by atoms with Crippen molar-refractivity contribution in [1.29, 1.82) is 0 Å². The van der Waals surface area contributed by atoms with E-state index in [0.717, 1.165) is 0 Å². The number of nitrogens with zero attached hydrogens (tertiary/aromatic N) is 1. The van der Waals surface area contributed by atoms with Gasteiger partial charge in [0.05, 0.1) is 12.8 Å². The molecular weight excluding hydrogens is 198 g/mol. The molecule has 0 aliphatic rings. The van der Waals surface area contributed by atoms with Gasteiger partial charge in [-0.1, -0.05) is 5.16 Å². The highest BCUT2D eigenvalue weighted by Gasteiger charge is 1.99. The van der Waals surface area contributed by atoms with Crippen LogP contribution >= 0.6 is 0 Å². The lowest BCUT2D eigenvalue weighted by atomic mass is 10.2. The predicted octanol–water partition coefficient (Wildman–Crippen LogP) is 1.90.